The fourth-order valence-corrected chi connectivity index (χ4v) is 3.35. The van der Waals surface area contributed by atoms with E-state index >= 15 is 0 Å². The molecule has 0 saturated heterocycles. The number of hydrogen-bond acceptors (Lipinski definition) is 3. The first-order valence-electron chi connectivity index (χ1n) is 11.1. The third-order valence-electron chi connectivity index (χ3n) is 5.09. The second kappa shape index (κ2) is 19.3. The lowest BCUT2D eigenvalue weighted by Crippen LogP contribution is -2.47. The zero-order chi connectivity index (χ0) is 19.3. The van der Waals surface area contributed by atoms with Gasteiger partial charge in [0, 0.05) is 0 Å². The van der Waals surface area contributed by atoms with E-state index < -0.39 is 4.65 Å². The molecule has 0 aromatic carbocycles. The number of rotatable bonds is 20. The van der Waals surface area contributed by atoms with Crippen LogP contribution < -0.4 is 0 Å². The topological polar surface area (TPSA) is 63.5 Å². The number of unbranched alkanes of at least 4 members (excludes halogenated alkanes) is 12. The van der Waals surface area contributed by atoms with Gasteiger partial charge in [0.2, 0.25) is 0 Å². The van der Waals surface area contributed by atoms with Gasteiger partial charge in [-0.25, -0.2) is 0 Å². The lowest BCUT2D eigenvalue weighted by atomic mass is 10.1. The first kappa shape index (κ1) is 25.6. The van der Waals surface area contributed by atoms with Gasteiger partial charge in [0.15, 0.2) is 0 Å². The highest BCUT2D eigenvalue weighted by Crippen LogP contribution is 2.12. The molecule has 0 fully saturated rings. The number of nitrogens with zero attached hydrogens (tertiary/aromatic N) is 1. The summed E-state index contributed by atoms with van der Waals surface area (Å²) in [6.45, 7) is 2.98. The maximum atomic E-state index is 12.3. The molecule has 4 nitrogen and oxygen atoms in total. The average molecular weight is 372 g/mol. The van der Waals surface area contributed by atoms with Gasteiger partial charge in [-0.15, -0.1) is 0 Å². The quantitative estimate of drug-likeness (QED) is 0.132. The fourth-order valence-electron chi connectivity index (χ4n) is 3.35. The highest BCUT2D eigenvalue weighted by atomic mass is 16.5. The van der Waals surface area contributed by atoms with Crippen molar-refractivity contribution in [3.8, 4) is 0 Å². The van der Waals surface area contributed by atoms with Crippen LogP contribution in [0.1, 0.15) is 96.8 Å². The van der Waals surface area contributed by atoms with Crippen LogP contribution in [0.25, 0.3) is 0 Å². The van der Waals surface area contributed by atoms with Crippen molar-refractivity contribution < 1.29 is 14.9 Å². The van der Waals surface area contributed by atoms with E-state index in [0.29, 0.717) is 6.54 Å². The molecule has 0 rings (SSSR count). The molecule has 0 heterocycles. The summed E-state index contributed by atoms with van der Waals surface area (Å²) in [4.78, 5) is 0. The molecule has 156 valence electrons. The Bertz CT molecular complexity index is 302. The molecule has 4 heteroatoms. The smallest absolute Gasteiger partial charge is 0.102 e. The van der Waals surface area contributed by atoms with E-state index in [9.17, 15) is 5.21 Å². The van der Waals surface area contributed by atoms with Gasteiger partial charge in [0.05, 0.1) is 19.8 Å². The van der Waals surface area contributed by atoms with Gasteiger partial charge in [0.1, 0.15) is 13.1 Å². The number of hydrogen-bond donors (Lipinski definition) is 2. The van der Waals surface area contributed by atoms with E-state index in [1.54, 1.807) is 0 Å². The van der Waals surface area contributed by atoms with E-state index in [1.165, 1.54) is 77.0 Å². The van der Waals surface area contributed by atoms with Crippen LogP contribution in [0.5, 0.6) is 0 Å². The van der Waals surface area contributed by atoms with Crippen molar-refractivity contribution >= 4 is 0 Å². The Hall–Kier alpha value is -0.420. The largest absolute Gasteiger partial charge is 0.633 e. The van der Waals surface area contributed by atoms with E-state index in [-0.39, 0.29) is 26.3 Å². The van der Waals surface area contributed by atoms with E-state index in [4.69, 9.17) is 10.2 Å². The van der Waals surface area contributed by atoms with Crippen molar-refractivity contribution in [2.45, 2.75) is 96.8 Å². The Kier molecular flexibility index (Phi) is 19.0. The number of aliphatic hydroxyl groups is 2. The Labute approximate surface area is 162 Å². The third kappa shape index (κ3) is 17.0. The second-order valence-electron chi connectivity index (χ2n) is 7.61. The van der Waals surface area contributed by atoms with Gasteiger partial charge in [0.25, 0.3) is 0 Å². The predicted molar refractivity (Wildman–Crippen MR) is 112 cm³/mol. The Morgan fingerprint density at radius 1 is 0.615 bits per heavy atom. The first-order chi connectivity index (χ1) is 12.7. The molecule has 0 unspecified atom stereocenters. The molecule has 0 atom stereocenters. The SMILES string of the molecule is CCCCCCCC/C=C\CCCCCCCC[N+]([O-])(CCO)CCO. The minimum absolute atomic E-state index is 0.101. The maximum absolute atomic E-state index is 12.3. The van der Waals surface area contributed by atoms with E-state index in [1.807, 2.05) is 0 Å². The van der Waals surface area contributed by atoms with Gasteiger partial charge < -0.3 is 20.1 Å². The van der Waals surface area contributed by atoms with Crippen molar-refractivity contribution in [1.82, 2.24) is 0 Å². The van der Waals surface area contributed by atoms with Gasteiger partial charge in [-0.05, 0) is 38.5 Å². The van der Waals surface area contributed by atoms with Crippen LogP contribution in [-0.4, -0.2) is 47.7 Å². The summed E-state index contributed by atoms with van der Waals surface area (Å²) in [5.41, 5.74) is 0. The van der Waals surface area contributed by atoms with Crippen LogP contribution >= 0.6 is 0 Å². The molecule has 0 aliphatic carbocycles. The number of quaternary nitrogens is 1. The minimum Gasteiger partial charge on any atom is -0.633 e. The van der Waals surface area contributed by atoms with Gasteiger partial charge in [-0.2, -0.15) is 0 Å². The van der Waals surface area contributed by atoms with Crippen LogP contribution in [0.3, 0.4) is 0 Å². The summed E-state index contributed by atoms with van der Waals surface area (Å²) >= 11 is 0. The molecule has 0 aliphatic rings. The summed E-state index contributed by atoms with van der Waals surface area (Å²) in [6.07, 6.45) is 22.3. The Morgan fingerprint density at radius 3 is 1.50 bits per heavy atom. The van der Waals surface area contributed by atoms with Crippen LogP contribution in [0.15, 0.2) is 12.2 Å². The molecule has 0 amide bonds. The molecule has 2 N–H and O–H groups in total. The number of hydroxylamine groups is 3. The number of allylic oxidation sites excluding steroid dienone is 2. The Morgan fingerprint density at radius 2 is 1.04 bits per heavy atom. The maximum Gasteiger partial charge on any atom is 0.102 e. The third-order valence-corrected chi connectivity index (χ3v) is 5.09. The molecular weight excluding hydrogens is 326 g/mol. The van der Waals surface area contributed by atoms with E-state index in [2.05, 4.69) is 19.1 Å². The minimum atomic E-state index is -0.448. The van der Waals surface area contributed by atoms with Gasteiger partial charge >= 0.3 is 0 Å². The molecule has 0 aromatic heterocycles. The summed E-state index contributed by atoms with van der Waals surface area (Å²) in [5, 5.41) is 30.2. The summed E-state index contributed by atoms with van der Waals surface area (Å²) < 4.78 is -0.448. The predicted octanol–water partition coefficient (Wildman–Crippen LogP) is 5.32. The summed E-state index contributed by atoms with van der Waals surface area (Å²) in [6, 6.07) is 0. The van der Waals surface area contributed by atoms with E-state index in [0.717, 1.165) is 12.8 Å². The van der Waals surface area contributed by atoms with Crippen molar-refractivity contribution in [3.05, 3.63) is 17.4 Å². The average Bonchev–Trinajstić information content (AvgIpc) is 2.62. The Balaban J connectivity index is 3.36. The highest BCUT2D eigenvalue weighted by Gasteiger charge is 2.14. The van der Waals surface area contributed by atoms with Crippen molar-refractivity contribution in [2.75, 3.05) is 32.8 Å². The fraction of sp³-hybridized carbons (Fsp3) is 0.909. The molecule has 0 spiro atoms. The summed E-state index contributed by atoms with van der Waals surface area (Å²) in [5.74, 6) is 0. The normalized spacial score (nSPS) is 12.3. The molecule has 0 aliphatic heterocycles. The lowest BCUT2D eigenvalue weighted by Gasteiger charge is -2.42. The van der Waals surface area contributed by atoms with Gasteiger partial charge in [-0.1, -0.05) is 70.4 Å². The second-order valence-corrected chi connectivity index (χ2v) is 7.61. The molecule has 0 bridgehead atoms. The van der Waals surface area contributed by atoms with Crippen molar-refractivity contribution in [1.29, 1.82) is 0 Å². The molecular formula is C22H45NO3. The standard InChI is InChI=1S/C22H45NO3/c1-2-3-4-5-6-7-8-9-10-11-12-13-14-15-16-17-18-23(26,19-21-24)20-22-25/h9-10,24-25H,2-8,11-22H2,1H3/b10-9-. The van der Waals surface area contributed by atoms with Gasteiger partial charge in [-0.3, -0.25) is 0 Å². The van der Waals surface area contributed by atoms with Crippen LogP contribution in [0.2, 0.25) is 0 Å². The monoisotopic (exact) mass is 371 g/mol. The zero-order valence-electron chi connectivity index (χ0n) is 17.3. The first-order valence-corrected chi connectivity index (χ1v) is 11.1. The van der Waals surface area contributed by atoms with Crippen LogP contribution in [-0.2, 0) is 0 Å². The number of aliphatic hydroxyl groups excluding tert-OH is 2. The molecule has 0 saturated carbocycles. The van der Waals surface area contributed by atoms with Crippen LogP contribution in [0.4, 0.5) is 0 Å². The zero-order valence-corrected chi connectivity index (χ0v) is 17.3. The lowest BCUT2D eigenvalue weighted by molar-refractivity contribution is -0.881. The highest BCUT2D eigenvalue weighted by molar-refractivity contribution is 4.81. The summed E-state index contributed by atoms with van der Waals surface area (Å²) in [7, 11) is 0. The molecule has 0 radical (unpaired) electrons. The molecule has 26 heavy (non-hydrogen) atoms. The molecule has 0 aromatic rings. The van der Waals surface area contributed by atoms with Crippen LogP contribution in [0, 0.1) is 5.21 Å². The van der Waals surface area contributed by atoms with Crippen molar-refractivity contribution in [3.63, 3.8) is 0 Å². The van der Waals surface area contributed by atoms with Crippen molar-refractivity contribution in [2.24, 2.45) is 0 Å².